The average molecular weight is 670 g/mol. The van der Waals surface area contributed by atoms with Gasteiger partial charge in [-0.25, -0.2) is 0 Å². The lowest BCUT2D eigenvalue weighted by molar-refractivity contribution is 0.664. The zero-order valence-corrected chi connectivity index (χ0v) is 29.4. The molecule has 52 heavy (non-hydrogen) atoms. The van der Waals surface area contributed by atoms with Crippen molar-refractivity contribution in [2.45, 2.75) is 25.8 Å². The van der Waals surface area contributed by atoms with Crippen molar-refractivity contribution < 1.29 is 0 Å². The Kier molecular flexibility index (Phi) is 7.70. The van der Waals surface area contributed by atoms with E-state index in [0.29, 0.717) is 12.2 Å². The summed E-state index contributed by atoms with van der Waals surface area (Å²) in [5, 5.41) is 2.56. The van der Waals surface area contributed by atoms with Crippen LogP contribution < -0.4 is 5.73 Å². The van der Waals surface area contributed by atoms with Crippen LogP contribution in [0.5, 0.6) is 0 Å². The van der Waals surface area contributed by atoms with E-state index in [9.17, 15) is 0 Å². The molecule has 1 heterocycles. The molecular formula is C49H39N3. The molecule has 0 fully saturated rings. The third kappa shape index (κ3) is 5.34. The van der Waals surface area contributed by atoms with Crippen LogP contribution in [0.3, 0.4) is 0 Å². The lowest BCUT2D eigenvalue weighted by Crippen LogP contribution is -2.16. The molecule has 1 aromatic heterocycles. The number of nitrogens with zero attached hydrogens (tertiary/aromatic N) is 2. The molecule has 1 aliphatic carbocycles. The monoisotopic (exact) mass is 669 g/mol. The summed E-state index contributed by atoms with van der Waals surface area (Å²) in [7, 11) is 0. The van der Waals surface area contributed by atoms with Gasteiger partial charge in [-0.3, -0.25) is 4.99 Å². The summed E-state index contributed by atoms with van der Waals surface area (Å²) in [6.45, 7) is 5.26. The fourth-order valence-corrected chi connectivity index (χ4v) is 8.08. The number of benzene rings is 7. The Balaban J connectivity index is 1.12. The molecular weight excluding hydrogens is 631 g/mol. The van der Waals surface area contributed by atoms with E-state index >= 15 is 0 Å². The Morgan fingerprint density at radius 1 is 0.615 bits per heavy atom. The molecule has 250 valence electrons. The van der Waals surface area contributed by atoms with Gasteiger partial charge in [0.25, 0.3) is 0 Å². The quantitative estimate of drug-likeness (QED) is 0.169. The maximum atomic E-state index is 6.68. The second-order valence-corrected chi connectivity index (χ2v) is 14.2. The van der Waals surface area contributed by atoms with Gasteiger partial charge in [0.05, 0.1) is 23.3 Å². The van der Waals surface area contributed by atoms with Gasteiger partial charge in [0.1, 0.15) is 0 Å². The van der Waals surface area contributed by atoms with Crippen LogP contribution in [0.25, 0.3) is 55.4 Å². The van der Waals surface area contributed by atoms with E-state index < -0.39 is 0 Å². The Morgan fingerprint density at radius 2 is 1.29 bits per heavy atom. The molecule has 3 nitrogen and oxygen atoms in total. The van der Waals surface area contributed by atoms with Crippen molar-refractivity contribution in [3.05, 3.63) is 204 Å². The smallest absolute Gasteiger partial charge is 0.0671 e. The zero-order valence-electron chi connectivity index (χ0n) is 29.4. The molecule has 8 aromatic rings. The van der Waals surface area contributed by atoms with Crippen molar-refractivity contribution in [1.82, 2.24) is 4.57 Å². The van der Waals surface area contributed by atoms with Gasteiger partial charge >= 0.3 is 0 Å². The van der Waals surface area contributed by atoms with Gasteiger partial charge in [0.2, 0.25) is 0 Å². The van der Waals surface area contributed by atoms with Crippen molar-refractivity contribution in [3.63, 3.8) is 0 Å². The van der Waals surface area contributed by atoms with Gasteiger partial charge < -0.3 is 10.3 Å². The first-order valence-electron chi connectivity index (χ1n) is 18.0. The summed E-state index contributed by atoms with van der Waals surface area (Å²) >= 11 is 0. The van der Waals surface area contributed by atoms with E-state index in [-0.39, 0.29) is 5.41 Å². The van der Waals surface area contributed by atoms with Crippen LogP contribution in [0.4, 0.5) is 0 Å². The van der Waals surface area contributed by atoms with Crippen LogP contribution in [0.1, 0.15) is 41.7 Å². The van der Waals surface area contributed by atoms with Gasteiger partial charge in [0, 0.05) is 33.1 Å². The molecule has 1 aliphatic rings. The highest BCUT2D eigenvalue weighted by Gasteiger charge is 2.38. The standard InChI is InChI=1S/C49H39N3/c1-49(2)43-22-11-9-20-39(43)41-28-29-42-40-21-10-12-23-46(40)52(48(42)47(41)49)38-26-24-33(25-27-38)32-51-45(31-44(50)35-16-7-4-8-17-35)37-19-13-18-36(30-37)34-14-5-3-6-15-34/h3-31H,32,50H2,1-2H3/b44-31-,51-45?. The van der Waals surface area contributed by atoms with E-state index in [2.05, 4.69) is 152 Å². The minimum Gasteiger partial charge on any atom is -0.398 e. The highest BCUT2D eigenvalue weighted by Crippen LogP contribution is 2.52. The van der Waals surface area contributed by atoms with Crippen molar-refractivity contribution >= 4 is 33.2 Å². The fourth-order valence-electron chi connectivity index (χ4n) is 8.08. The molecule has 2 N–H and O–H groups in total. The van der Waals surface area contributed by atoms with E-state index in [1.807, 2.05) is 42.5 Å². The largest absolute Gasteiger partial charge is 0.398 e. The normalized spacial score (nSPS) is 13.7. The Hall–Kier alpha value is -6.45. The molecule has 3 heteroatoms. The second kappa shape index (κ2) is 12.7. The molecule has 0 aliphatic heterocycles. The van der Waals surface area contributed by atoms with Crippen molar-refractivity contribution in [1.29, 1.82) is 0 Å². The van der Waals surface area contributed by atoms with Crippen molar-refractivity contribution in [3.8, 4) is 27.9 Å². The van der Waals surface area contributed by atoms with E-state index in [1.165, 1.54) is 49.6 Å². The van der Waals surface area contributed by atoms with Gasteiger partial charge in [-0.1, -0.05) is 159 Å². The molecule has 0 saturated heterocycles. The molecule has 0 unspecified atom stereocenters. The summed E-state index contributed by atoms with van der Waals surface area (Å²) < 4.78 is 2.47. The second-order valence-electron chi connectivity index (χ2n) is 14.2. The predicted molar refractivity (Wildman–Crippen MR) is 219 cm³/mol. The topological polar surface area (TPSA) is 43.3 Å². The molecule has 0 spiro atoms. The van der Waals surface area contributed by atoms with Gasteiger partial charge in [-0.2, -0.15) is 0 Å². The van der Waals surface area contributed by atoms with Crippen LogP contribution in [-0.4, -0.2) is 10.3 Å². The highest BCUT2D eigenvalue weighted by molar-refractivity contribution is 6.14. The van der Waals surface area contributed by atoms with Crippen LogP contribution in [0.15, 0.2) is 181 Å². The molecule has 9 rings (SSSR count). The molecule has 0 bridgehead atoms. The SMILES string of the molecule is CC1(C)c2ccccc2-c2ccc3c4ccccc4n(-c4ccc(CN=C(/C=C(\N)c5ccccc5)c5cccc(-c6ccccc6)c5)cc4)c3c21. The molecule has 0 saturated carbocycles. The number of hydrogen-bond acceptors (Lipinski definition) is 2. The van der Waals surface area contributed by atoms with Crippen molar-refractivity contribution in [2.75, 3.05) is 0 Å². The van der Waals surface area contributed by atoms with Gasteiger partial charge in [0.15, 0.2) is 0 Å². The summed E-state index contributed by atoms with van der Waals surface area (Å²) in [4.78, 5) is 5.20. The van der Waals surface area contributed by atoms with Crippen LogP contribution in [-0.2, 0) is 12.0 Å². The number of aliphatic imine (C=N–C) groups is 1. The first-order chi connectivity index (χ1) is 25.5. The molecule has 7 aromatic carbocycles. The van der Waals surface area contributed by atoms with Crippen LogP contribution in [0, 0.1) is 0 Å². The maximum Gasteiger partial charge on any atom is 0.0671 e. The first kappa shape index (κ1) is 31.5. The number of allylic oxidation sites excluding steroid dienone is 1. The van der Waals surface area contributed by atoms with E-state index in [0.717, 1.165) is 33.7 Å². The Morgan fingerprint density at radius 3 is 2.10 bits per heavy atom. The zero-order chi connectivity index (χ0) is 35.2. The molecule has 0 amide bonds. The van der Waals surface area contributed by atoms with Crippen molar-refractivity contribution in [2.24, 2.45) is 10.7 Å². The molecule has 0 radical (unpaired) electrons. The van der Waals surface area contributed by atoms with Crippen LogP contribution in [0.2, 0.25) is 0 Å². The first-order valence-corrected chi connectivity index (χ1v) is 18.0. The number of para-hydroxylation sites is 1. The number of rotatable bonds is 7. The average Bonchev–Trinajstić information content (AvgIpc) is 3.66. The number of fused-ring (bicyclic) bond motifs is 7. The summed E-state index contributed by atoms with van der Waals surface area (Å²) in [5.74, 6) is 0. The highest BCUT2D eigenvalue weighted by atomic mass is 15.0. The lowest BCUT2D eigenvalue weighted by atomic mass is 9.81. The minimum atomic E-state index is -0.129. The third-order valence-corrected chi connectivity index (χ3v) is 10.6. The predicted octanol–water partition coefficient (Wildman–Crippen LogP) is 11.7. The number of aromatic nitrogens is 1. The summed E-state index contributed by atoms with van der Waals surface area (Å²) in [6, 6.07) is 60.3. The van der Waals surface area contributed by atoms with Gasteiger partial charge in [-0.05, 0) is 74.8 Å². The fraction of sp³-hybridized carbons (Fsp3) is 0.0816. The Labute approximate surface area is 305 Å². The minimum absolute atomic E-state index is 0.129. The van der Waals surface area contributed by atoms with Crippen LogP contribution >= 0.6 is 0 Å². The third-order valence-electron chi connectivity index (χ3n) is 10.6. The van der Waals surface area contributed by atoms with E-state index in [1.54, 1.807) is 0 Å². The maximum absolute atomic E-state index is 6.68. The number of hydrogen-bond donors (Lipinski definition) is 1. The molecule has 0 atom stereocenters. The number of nitrogens with two attached hydrogens (primary N) is 1. The summed E-state index contributed by atoms with van der Waals surface area (Å²) in [6.07, 6.45) is 2.01. The Bertz CT molecular complexity index is 2660. The lowest BCUT2D eigenvalue weighted by Gasteiger charge is -2.23. The summed E-state index contributed by atoms with van der Waals surface area (Å²) in [5.41, 5.74) is 22.6. The van der Waals surface area contributed by atoms with E-state index in [4.69, 9.17) is 10.7 Å². The van der Waals surface area contributed by atoms with Gasteiger partial charge in [-0.15, -0.1) is 0 Å².